The maximum Gasteiger partial charge on any atom is 0.271 e. The fourth-order valence-electron chi connectivity index (χ4n) is 1.42. The highest BCUT2D eigenvalue weighted by atomic mass is 16.6. The predicted molar refractivity (Wildman–Crippen MR) is 49.5 cm³/mol. The van der Waals surface area contributed by atoms with E-state index in [-0.39, 0.29) is 5.69 Å². The van der Waals surface area contributed by atoms with E-state index in [0.717, 1.165) is 18.4 Å². The Hall–Kier alpha value is -1.58. The van der Waals surface area contributed by atoms with E-state index in [1.807, 2.05) is 6.07 Å². The van der Waals surface area contributed by atoms with Crippen molar-refractivity contribution in [1.29, 1.82) is 0 Å². The number of hydrogen-bond donors (Lipinski definition) is 1. The molecular formula is C9H10N2O2. The number of benzene rings is 1. The number of nitrogens with two attached hydrogens (primary N) is 1. The monoisotopic (exact) mass is 178 g/mol. The van der Waals surface area contributed by atoms with Gasteiger partial charge < -0.3 is 5.73 Å². The Morgan fingerprint density at radius 3 is 2.62 bits per heavy atom. The largest absolute Gasteiger partial charge is 0.399 e. The zero-order chi connectivity index (χ0) is 9.42. The first-order valence-electron chi connectivity index (χ1n) is 4.21. The molecule has 0 aliphatic heterocycles. The molecule has 0 atom stereocenters. The average Bonchev–Trinajstić information content (AvgIpc) is 2.85. The van der Waals surface area contributed by atoms with Crippen LogP contribution in [0.2, 0.25) is 0 Å². The van der Waals surface area contributed by atoms with Crippen LogP contribution in [0.25, 0.3) is 0 Å². The second kappa shape index (κ2) is 2.73. The second-order valence-corrected chi connectivity index (χ2v) is 3.39. The molecule has 2 N–H and O–H groups in total. The van der Waals surface area contributed by atoms with Crippen molar-refractivity contribution >= 4 is 11.4 Å². The smallest absolute Gasteiger partial charge is 0.271 e. The highest BCUT2D eigenvalue weighted by Crippen LogP contribution is 2.41. The number of anilines is 1. The maximum atomic E-state index is 10.5. The van der Waals surface area contributed by atoms with Crippen LogP contribution in [0.15, 0.2) is 18.2 Å². The molecule has 0 saturated heterocycles. The van der Waals surface area contributed by atoms with Gasteiger partial charge in [-0.15, -0.1) is 0 Å². The van der Waals surface area contributed by atoms with E-state index < -0.39 is 4.92 Å². The van der Waals surface area contributed by atoms with Gasteiger partial charge in [-0.05, 0) is 30.4 Å². The fourth-order valence-corrected chi connectivity index (χ4v) is 1.42. The van der Waals surface area contributed by atoms with E-state index in [1.54, 1.807) is 6.07 Å². The van der Waals surface area contributed by atoms with Gasteiger partial charge in [0.2, 0.25) is 0 Å². The lowest BCUT2D eigenvalue weighted by Crippen LogP contribution is -1.93. The molecule has 0 aromatic heterocycles. The molecule has 68 valence electrons. The van der Waals surface area contributed by atoms with Crippen molar-refractivity contribution in [2.45, 2.75) is 18.8 Å². The van der Waals surface area contributed by atoms with Gasteiger partial charge in [0.15, 0.2) is 0 Å². The number of nitrogen functional groups attached to an aromatic ring is 1. The van der Waals surface area contributed by atoms with Gasteiger partial charge in [0.25, 0.3) is 5.69 Å². The molecule has 0 radical (unpaired) electrons. The third-order valence-electron chi connectivity index (χ3n) is 2.22. The van der Waals surface area contributed by atoms with Gasteiger partial charge in [-0.1, -0.05) is 0 Å². The number of nitrogens with zero attached hydrogens (tertiary/aromatic N) is 1. The summed E-state index contributed by atoms with van der Waals surface area (Å²) in [7, 11) is 0. The number of nitro benzene ring substituents is 1. The van der Waals surface area contributed by atoms with E-state index >= 15 is 0 Å². The molecule has 4 nitrogen and oxygen atoms in total. The van der Waals surface area contributed by atoms with Gasteiger partial charge in [0, 0.05) is 17.8 Å². The van der Waals surface area contributed by atoms with E-state index in [9.17, 15) is 10.1 Å². The molecule has 1 aromatic carbocycles. The minimum absolute atomic E-state index is 0.0990. The number of nitro groups is 1. The first-order valence-corrected chi connectivity index (χ1v) is 4.21. The Bertz CT molecular complexity index is 359. The van der Waals surface area contributed by atoms with Crippen LogP contribution < -0.4 is 5.73 Å². The van der Waals surface area contributed by atoms with Crippen LogP contribution in [0.4, 0.5) is 11.4 Å². The Balaban J connectivity index is 2.41. The molecular weight excluding hydrogens is 168 g/mol. The van der Waals surface area contributed by atoms with Crippen molar-refractivity contribution in [2.75, 3.05) is 5.73 Å². The van der Waals surface area contributed by atoms with Crippen molar-refractivity contribution in [2.24, 2.45) is 0 Å². The second-order valence-electron chi connectivity index (χ2n) is 3.39. The van der Waals surface area contributed by atoms with Gasteiger partial charge in [-0.25, -0.2) is 0 Å². The van der Waals surface area contributed by atoms with E-state index in [2.05, 4.69) is 0 Å². The minimum Gasteiger partial charge on any atom is -0.399 e. The summed E-state index contributed by atoms with van der Waals surface area (Å²) < 4.78 is 0. The number of non-ortho nitro benzene ring substituents is 1. The predicted octanol–water partition coefficient (Wildman–Crippen LogP) is 2.05. The lowest BCUT2D eigenvalue weighted by atomic mass is 10.1. The molecule has 0 bridgehead atoms. The van der Waals surface area contributed by atoms with Crippen LogP contribution in [0.3, 0.4) is 0 Å². The number of rotatable bonds is 2. The lowest BCUT2D eigenvalue weighted by molar-refractivity contribution is -0.384. The van der Waals surface area contributed by atoms with Crippen LogP contribution in [0.5, 0.6) is 0 Å². The standard InChI is InChI=1S/C9H10N2O2/c10-8-3-7(6-1-2-6)4-9(5-8)11(12)13/h3-6H,1-2,10H2. The molecule has 0 spiro atoms. The average molecular weight is 178 g/mol. The molecule has 1 saturated carbocycles. The molecule has 1 fully saturated rings. The van der Waals surface area contributed by atoms with Crippen LogP contribution in [0.1, 0.15) is 24.3 Å². The summed E-state index contributed by atoms with van der Waals surface area (Å²) in [5.41, 5.74) is 7.15. The SMILES string of the molecule is Nc1cc(C2CC2)cc([N+](=O)[O-])c1. The first kappa shape index (κ1) is 8.04. The summed E-state index contributed by atoms with van der Waals surface area (Å²) in [4.78, 5) is 10.1. The summed E-state index contributed by atoms with van der Waals surface area (Å²) in [6.07, 6.45) is 2.25. The molecule has 1 aliphatic rings. The topological polar surface area (TPSA) is 69.2 Å². The van der Waals surface area contributed by atoms with Crippen LogP contribution in [-0.4, -0.2) is 4.92 Å². The van der Waals surface area contributed by atoms with Crippen LogP contribution in [0, 0.1) is 10.1 Å². The van der Waals surface area contributed by atoms with Crippen LogP contribution >= 0.6 is 0 Å². The zero-order valence-electron chi connectivity index (χ0n) is 7.06. The van der Waals surface area contributed by atoms with E-state index in [0.29, 0.717) is 11.6 Å². The van der Waals surface area contributed by atoms with Gasteiger partial charge in [0.1, 0.15) is 0 Å². The quantitative estimate of drug-likeness (QED) is 0.428. The zero-order valence-corrected chi connectivity index (χ0v) is 7.06. The summed E-state index contributed by atoms with van der Waals surface area (Å²) in [5.74, 6) is 0.502. The summed E-state index contributed by atoms with van der Waals surface area (Å²) in [6.45, 7) is 0. The molecule has 0 heterocycles. The molecule has 1 aliphatic carbocycles. The first-order chi connectivity index (χ1) is 6.16. The maximum absolute atomic E-state index is 10.5. The molecule has 2 rings (SSSR count). The Labute approximate surface area is 75.5 Å². The van der Waals surface area contributed by atoms with Crippen molar-refractivity contribution in [3.8, 4) is 0 Å². The Morgan fingerprint density at radius 2 is 2.08 bits per heavy atom. The van der Waals surface area contributed by atoms with Crippen molar-refractivity contribution in [3.05, 3.63) is 33.9 Å². The number of hydrogen-bond acceptors (Lipinski definition) is 3. The van der Waals surface area contributed by atoms with Gasteiger partial charge in [-0.3, -0.25) is 10.1 Å². The summed E-state index contributed by atoms with van der Waals surface area (Å²) >= 11 is 0. The third kappa shape index (κ3) is 1.61. The normalized spacial score (nSPS) is 15.7. The van der Waals surface area contributed by atoms with Gasteiger partial charge in [0.05, 0.1) is 4.92 Å². The molecule has 4 heteroatoms. The fraction of sp³-hybridized carbons (Fsp3) is 0.333. The molecule has 0 amide bonds. The van der Waals surface area contributed by atoms with Gasteiger partial charge in [-0.2, -0.15) is 0 Å². The van der Waals surface area contributed by atoms with Crippen LogP contribution in [-0.2, 0) is 0 Å². The molecule has 13 heavy (non-hydrogen) atoms. The highest BCUT2D eigenvalue weighted by Gasteiger charge is 2.25. The van der Waals surface area contributed by atoms with E-state index in [4.69, 9.17) is 5.73 Å². The molecule has 1 aromatic rings. The van der Waals surface area contributed by atoms with Crippen molar-refractivity contribution in [1.82, 2.24) is 0 Å². The highest BCUT2D eigenvalue weighted by molar-refractivity contribution is 5.52. The lowest BCUT2D eigenvalue weighted by Gasteiger charge is -2.00. The molecule has 0 unspecified atom stereocenters. The summed E-state index contributed by atoms with van der Waals surface area (Å²) in [5, 5.41) is 10.5. The minimum atomic E-state index is -0.401. The third-order valence-corrected chi connectivity index (χ3v) is 2.22. The Kier molecular flexibility index (Phi) is 1.69. The Morgan fingerprint density at radius 1 is 1.38 bits per heavy atom. The summed E-state index contributed by atoms with van der Waals surface area (Å²) in [6, 6.07) is 4.84. The van der Waals surface area contributed by atoms with Crippen molar-refractivity contribution < 1.29 is 4.92 Å². The van der Waals surface area contributed by atoms with E-state index in [1.165, 1.54) is 6.07 Å². The van der Waals surface area contributed by atoms with Crippen molar-refractivity contribution in [3.63, 3.8) is 0 Å². The van der Waals surface area contributed by atoms with Gasteiger partial charge >= 0.3 is 0 Å².